The lowest BCUT2D eigenvalue weighted by Crippen LogP contribution is -2.14. The lowest BCUT2D eigenvalue weighted by atomic mass is 10.1. The van der Waals surface area contributed by atoms with Gasteiger partial charge in [0.2, 0.25) is 0 Å². The van der Waals surface area contributed by atoms with Crippen LogP contribution in [0.2, 0.25) is 0 Å². The number of hydrogen-bond donors (Lipinski definition) is 1. The first kappa shape index (κ1) is 9.79. The van der Waals surface area contributed by atoms with Gasteiger partial charge in [0.25, 0.3) is 5.91 Å². The highest BCUT2D eigenvalue weighted by atomic mass is 16.5. The molecule has 5 nitrogen and oxygen atoms in total. The third-order valence-corrected chi connectivity index (χ3v) is 2.49. The molecule has 15 heavy (non-hydrogen) atoms. The van der Waals surface area contributed by atoms with E-state index in [2.05, 4.69) is 4.98 Å². The molecule has 0 radical (unpaired) electrons. The summed E-state index contributed by atoms with van der Waals surface area (Å²) in [7, 11) is 1.54. The lowest BCUT2D eigenvalue weighted by molar-refractivity contribution is 0.0811. The maximum Gasteiger partial charge on any atom is 0.267 e. The molecular formula is C10H10N2O3. The number of pyridine rings is 1. The summed E-state index contributed by atoms with van der Waals surface area (Å²) in [5, 5.41) is 0. The van der Waals surface area contributed by atoms with Gasteiger partial charge in [0.15, 0.2) is 5.78 Å². The maximum absolute atomic E-state index is 11.5. The summed E-state index contributed by atoms with van der Waals surface area (Å²) in [5.41, 5.74) is 6.41. The van der Waals surface area contributed by atoms with E-state index < -0.39 is 5.91 Å². The number of rotatable bonds is 2. The van der Waals surface area contributed by atoms with Crippen LogP contribution in [0.5, 0.6) is 0 Å². The predicted octanol–water partition coefficient (Wildman–Crippen LogP) is 0.454. The van der Waals surface area contributed by atoms with Crippen LogP contribution < -0.4 is 5.73 Å². The Balaban J connectivity index is 2.50. The zero-order valence-electron chi connectivity index (χ0n) is 8.19. The number of hydrogen-bond acceptors (Lipinski definition) is 4. The van der Waals surface area contributed by atoms with Crippen LogP contribution in [-0.2, 0) is 4.74 Å². The highest BCUT2D eigenvalue weighted by molar-refractivity contribution is 6.03. The number of Topliss-reactive ketones (excluding diaryl/α,β-unsaturated/α-hetero) is 1. The number of nitrogens with zero attached hydrogens (tertiary/aromatic N) is 1. The quantitative estimate of drug-likeness (QED) is 0.761. The molecule has 0 aromatic carbocycles. The minimum Gasteiger partial charge on any atom is -0.376 e. The van der Waals surface area contributed by atoms with Crippen LogP contribution >= 0.6 is 0 Å². The van der Waals surface area contributed by atoms with Gasteiger partial charge in [0.05, 0.1) is 6.10 Å². The van der Waals surface area contributed by atoms with Gasteiger partial charge in [-0.15, -0.1) is 0 Å². The first-order valence-corrected chi connectivity index (χ1v) is 4.49. The number of aromatic nitrogens is 1. The third kappa shape index (κ3) is 1.50. The molecule has 1 aliphatic rings. The van der Waals surface area contributed by atoms with Crippen molar-refractivity contribution in [2.75, 3.05) is 7.11 Å². The average Bonchev–Trinajstić information content (AvgIpc) is 2.55. The van der Waals surface area contributed by atoms with Crippen molar-refractivity contribution < 1.29 is 14.3 Å². The van der Waals surface area contributed by atoms with Gasteiger partial charge in [-0.05, 0) is 6.07 Å². The Labute approximate surface area is 86.2 Å². The van der Waals surface area contributed by atoms with E-state index in [-0.39, 0.29) is 17.6 Å². The summed E-state index contributed by atoms with van der Waals surface area (Å²) in [6, 6.07) is 1.43. The Hall–Kier alpha value is -1.75. The molecule has 1 aromatic rings. The van der Waals surface area contributed by atoms with E-state index in [1.807, 2.05) is 0 Å². The molecule has 0 fully saturated rings. The number of carbonyl (C=O) groups is 2. The molecule has 1 aromatic heterocycles. The van der Waals surface area contributed by atoms with Gasteiger partial charge >= 0.3 is 0 Å². The second kappa shape index (κ2) is 3.43. The van der Waals surface area contributed by atoms with Crippen LogP contribution in [0.4, 0.5) is 0 Å². The molecule has 0 aliphatic heterocycles. The van der Waals surface area contributed by atoms with E-state index in [1.54, 1.807) is 0 Å². The van der Waals surface area contributed by atoms with Crippen LogP contribution in [0.25, 0.3) is 0 Å². The number of fused-ring (bicyclic) bond motifs is 1. The predicted molar refractivity (Wildman–Crippen MR) is 51.5 cm³/mol. The molecule has 1 atom stereocenters. The topological polar surface area (TPSA) is 82.3 Å². The highest BCUT2D eigenvalue weighted by Gasteiger charge is 2.30. The number of ketones is 1. The Morgan fingerprint density at radius 1 is 1.67 bits per heavy atom. The van der Waals surface area contributed by atoms with E-state index in [0.29, 0.717) is 12.0 Å². The summed E-state index contributed by atoms with van der Waals surface area (Å²) in [4.78, 5) is 26.3. The van der Waals surface area contributed by atoms with Crippen LogP contribution in [-0.4, -0.2) is 23.8 Å². The second-order valence-corrected chi connectivity index (χ2v) is 3.37. The van der Waals surface area contributed by atoms with Crippen LogP contribution in [0.15, 0.2) is 12.3 Å². The van der Waals surface area contributed by atoms with Gasteiger partial charge in [-0.25, -0.2) is 0 Å². The number of nitrogens with two attached hydrogens (primary N) is 1. The Kier molecular flexibility index (Phi) is 2.24. The van der Waals surface area contributed by atoms with Crippen molar-refractivity contribution in [3.05, 3.63) is 29.1 Å². The summed E-state index contributed by atoms with van der Waals surface area (Å²) in [5.74, 6) is -0.673. The maximum atomic E-state index is 11.5. The van der Waals surface area contributed by atoms with Crippen molar-refractivity contribution in [1.82, 2.24) is 4.98 Å². The fourth-order valence-corrected chi connectivity index (χ4v) is 1.70. The third-order valence-electron chi connectivity index (χ3n) is 2.49. The van der Waals surface area contributed by atoms with Crippen LogP contribution in [0.1, 0.15) is 38.9 Å². The van der Waals surface area contributed by atoms with E-state index in [4.69, 9.17) is 10.5 Å². The largest absolute Gasteiger partial charge is 0.376 e. The number of primary amides is 1. The molecule has 2 N–H and O–H groups in total. The normalized spacial score (nSPS) is 19.0. The molecule has 0 spiro atoms. The fourth-order valence-electron chi connectivity index (χ4n) is 1.70. The monoisotopic (exact) mass is 206 g/mol. The number of ether oxygens (including phenoxy) is 1. The van der Waals surface area contributed by atoms with Crippen LogP contribution in [0, 0.1) is 0 Å². The first-order chi connectivity index (χ1) is 7.13. The molecular weight excluding hydrogens is 196 g/mol. The molecule has 0 unspecified atom stereocenters. The van der Waals surface area contributed by atoms with Crippen molar-refractivity contribution in [2.24, 2.45) is 5.73 Å². The number of carbonyl (C=O) groups excluding carboxylic acids is 2. The summed E-state index contributed by atoms with van der Waals surface area (Å²) in [6.07, 6.45) is 1.53. The molecule has 0 bridgehead atoms. The van der Waals surface area contributed by atoms with E-state index >= 15 is 0 Å². The summed E-state index contributed by atoms with van der Waals surface area (Å²) >= 11 is 0. The van der Waals surface area contributed by atoms with Crippen molar-refractivity contribution in [3.8, 4) is 0 Å². The van der Waals surface area contributed by atoms with Gasteiger partial charge < -0.3 is 10.5 Å². The van der Waals surface area contributed by atoms with Crippen molar-refractivity contribution in [2.45, 2.75) is 12.5 Å². The smallest absolute Gasteiger partial charge is 0.267 e. The van der Waals surface area contributed by atoms with E-state index in [0.717, 1.165) is 5.56 Å². The molecule has 1 heterocycles. The zero-order valence-corrected chi connectivity index (χ0v) is 8.19. The first-order valence-electron chi connectivity index (χ1n) is 4.49. The fraction of sp³-hybridized carbons (Fsp3) is 0.300. The zero-order chi connectivity index (χ0) is 11.0. The van der Waals surface area contributed by atoms with Crippen molar-refractivity contribution in [3.63, 3.8) is 0 Å². The molecule has 0 saturated heterocycles. The lowest BCUT2D eigenvalue weighted by Gasteiger charge is -2.07. The standard InChI is InChI=1S/C10H10N2O3/c1-15-9-3-8(13)5-2-7(10(11)14)12-4-6(5)9/h2,4,9H,3H2,1H3,(H2,11,14)/t9-/m1/s1. The minimum atomic E-state index is -0.633. The highest BCUT2D eigenvalue weighted by Crippen LogP contribution is 2.32. The second-order valence-electron chi connectivity index (χ2n) is 3.37. The molecule has 0 saturated carbocycles. The van der Waals surface area contributed by atoms with Crippen molar-refractivity contribution >= 4 is 11.7 Å². The van der Waals surface area contributed by atoms with Gasteiger partial charge in [0, 0.05) is 30.9 Å². The van der Waals surface area contributed by atoms with Gasteiger partial charge in [0.1, 0.15) is 5.69 Å². The minimum absolute atomic E-state index is 0.0400. The molecule has 2 rings (SSSR count). The van der Waals surface area contributed by atoms with Gasteiger partial charge in [-0.1, -0.05) is 0 Å². The van der Waals surface area contributed by atoms with Gasteiger partial charge in [-0.3, -0.25) is 14.6 Å². The average molecular weight is 206 g/mol. The molecule has 78 valence electrons. The van der Waals surface area contributed by atoms with E-state index in [1.165, 1.54) is 19.4 Å². The van der Waals surface area contributed by atoms with Crippen molar-refractivity contribution in [1.29, 1.82) is 0 Å². The summed E-state index contributed by atoms with van der Waals surface area (Å²) in [6.45, 7) is 0. The number of methoxy groups -OCH3 is 1. The van der Waals surface area contributed by atoms with Crippen LogP contribution in [0.3, 0.4) is 0 Å². The molecule has 1 amide bonds. The van der Waals surface area contributed by atoms with E-state index in [9.17, 15) is 9.59 Å². The molecule has 5 heteroatoms. The number of amides is 1. The Morgan fingerprint density at radius 2 is 2.40 bits per heavy atom. The SMILES string of the molecule is CO[C@@H]1CC(=O)c2cc(C(N)=O)ncc21. The Bertz CT molecular complexity index is 442. The van der Waals surface area contributed by atoms with Gasteiger partial charge in [-0.2, -0.15) is 0 Å². The Morgan fingerprint density at radius 3 is 3.00 bits per heavy atom. The molecule has 1 aliphatic carbocycles. The summed E-state index contributed by atoms with van der Waals surface area (Å²) < 4.78 is 5.13.